The van der Waals surface area contributed by atoms with E-state index in [1.54, 1.807) is 0 Å². The van der Waals surface area contributed by atoms with Crippen LogP contribution >= 0.6 is 0 Å². The first-order valence-corrected chi connectivity index (χ1v) is 10.2. The van der Waals surface area contributed by atoms with Crippen LogP contribution in [-0.4, -0.2) is 79.9 Å². The Kier molecular flexibility index (Phi) is 11.7. The molecule has 8 nitrogen and oxygen atoms in total. The Morgan fingerprint density at radius 3 is 2.33 bits per heavy atom. The van der Waals surface area contributed by atoms with E-state index >= 15 is 0 Å². The second-order valence-electron chi connectivity index (χ2n) is 7.39. The van der Waals surface area contributed by atoms with Crippen LogP contribution in [-0.2, 0) is 14.4 Å². The normalized spacial score (nSPS) is 16.7. The number of likely N-dealkylation sites (N-methyl/N-ethyl adjacent to an activating group) is 1. The van der Waals surface area contributed by atoms with Gasteiger partial charge in [0.1, 0.15) is 6.04 Å². The van der Waals surface area contributed by atoms with Crippen molar-refractivity contribution < 1.29 is 14.4 Å². The molecule has 0 aromatic heterocycles. The van der Waals surface area contributed by atoms with Gasteiger partial charge in [-0.1, -0.05) is 32.6 Å². The lowest BCUT2D eigenvalue weighted by Gasteiger charge is -2.32. The minimum Gasteiger partial charge on any atom is -0.370 e. The first-order chi connectivity index (χ1) is 12.9. The predicted octanol–water partition coefficient (Wildman–Crippen LogP) is 0.0707. The van der Waals surface area contributed by atoms with Gasteiger partial charge in [-0.3, -0.25) is 19.3 Å². The van der Waals surface area contributed by atoms with E-state index in [0.717, 1.165) is 58.4 Å². The molecule has 1 saturated heterocycles. The fourth-order valence-corrected chi connectivity index (χ4v) is 3.10. The number of rotatable bonds is 13. The molecule has 1 aliphatic heterocycles. The highest BCUT2D eigenvalue weighted by Crippen LogP contribution is 2.05. The smallest absolute Gasteiger partial charge is 0.243 e. The number of hydrogen-bond acceptors (Lipinski definition) is 5. The summed E-state index contributed by atoms with van der Waals surface area (Å²) in [5.41, 5.74) is 5.24. The van der Waals surface area contributed by atoms with Crippen molar-refractivity contribution in [1.82, 2.24) is 20.4 Å². The highest BCUT2D eigenvalue weighted by atomic mass is 16.2. The van der Waals surface area contributed by atoms with Gasteiger partial charge < -0.3 is 21.3 Å². The van der Waals surface area contributed by atoms with Crippen molar-refractivity contribution in [3.8, 4) is 0 Å². The molecule has 3 amide bonds. The number of nitrogens with one attached hydrogen (secondary N) is 2. The van der Waals surface area contributed by atoms with Crippen LogP contribution in [0.2, 0.25) is 0 Å². The third-order valence-electron chi connectivity index (χ3n) is 4.89. The van der Waals surface area contributed by atoms with Gasteiger partial charge in [-0.2, -0.15) is 0 Å². The fraction of sp³-hybridized carbons (Fsp3) is 0.842. The lowest BCUT2D eigenvalue weighted by atomic mass is 10.1. The fourth-order valence-electron chi connectivity index (χ4n) is 3.10. The summed E-state index contributed by atoms with van der Waals surface area (Å²) in [7, 11) is 2.10. The molecule has 0 aromatic carbocycles. The first-order valence-electron chi connectivity index (χ1n) is 10.2. The summed E-state index contributed by atoms with van der Waals surface area (Å²) in [4.78, 5) is 40.3. The molecule has 27 heavy (non-hydrogen) atoms. The molecule has 0 saturated carbocycles. The molecular weight excluding hydrogens is 346 g/mol. The summed E-state index contributed by atoms with van der Waals surface area (Å²) in [5, 5.41) is 5.48. The number of primary amides is 1. The maximum absolute atomic E-state index is 12.4. The van der Waals surface area contributed by atoms with Gasteiger partial charge >= 0.3 is 0 Å². The molecule has 0 aliphatic carbocycles. The van der Waals surface area contributed by atoms with Crippen molar-refractivity contribution in [2.75, 3.05) is 46.3 Å². The lowest BCUT2D eigenvalue weighted by molar-refractivity contribution is -0.131. The predicted molar refractivity (Wildman–Crippen MR) is 106 cm³/mol. The van der Waals surface area contributed by atoms with Crippen LogP contribution in [0.1, 0.15) is 51.9 Å². The summed E-state index contributed by atoms with van der Waals surface area (Å²) in [5.74, 6) is -1.15. The SMILES string of the molecule is CCCCCCCC(=O)N[C@H](CC(N)=O)C(=O)NCCN1CCN(C)CC1. The molecule has 0 unspecified atom stereocenters. The summed E-state index contributed by atoms with van der Waals surface area (Å²) >= 11 is 0. The van der Waals surface area contributed by atoms with E-state index in [-0.39, 0.29) is 18.2 Å². The standard InChI is InChI=1S/C19H37N5O3/c1-3-4-5-6-7-8-18(26)22-16(15-17(20)25)19(27)21-9-10-24-13-11-23(2)12-14-24/h16H,3-15H2,1-2H3,(H2,20,25)(H,21,27)(H,22,26)/t16-/m1/s1. The van der Waals surface area contributed by atoms with Crippen LogP contribution in [0.3, 0.4) is 0 Å². The van der Waals surface area contributed by atoms with Gasteiger partial charge in [0.25, 0.3) is 0 Å². The van der Waals surface area contributed by atoms with Crippen molar-refractivity contribution in [2.24, 2.45) is 5.73 Å². The zero-order valence-corrected chi connectivity index (χ0v) is 17.0. The van der Waals surface area contributed by atoms with Gasteiger partial charge in [-0.25, -0.2) is 0 Å². The number of carbonyl (C=O) groups is 3. The van der Waals surface area contributed by atoms with Gasteiger partial charge in [-0.15, -0.1) is 0 Å². The second-order valence-corrected chi connectivity index (χ2v) is 7.39. The molecule has 8 heteroatoms. The Hall–Kier alpha value is -1.67. The van der Waals surface area contributed by atoms with Crippen molar-refractivity contribution in [1.29, 1.82) is 0 Å². The molecule has 0 radical (unpaired) electrons. The van der Waals surface area contributed by atoms with Crippen LogP contribution < -0.4 is 16.4 Å². The quantitative estimate of drug-likeness (QED) is 0.390. The molecule has 4 N–H and O–H groups in total. The Labute approximate surface area is 163 Å². The van der Waals surface area contributed by atoms with E-state index in [0.29, 0.717) is 13.0 Å². The number of nitrogens with two attached hydrogens (primary N) is 1. The molecule has 1 heterocycles. The number of amides is 3. The maximum atomic E-state index is 12.4. The van der Waals surface area contributed by atoms with Gasteiger partial charge in [-0.05, 0) is 13.5 Å². The Balaban J connectivity index is 2.32. The minimum absolute atomic E-state index is 0.179. The number of carbonyl (C=O) groups excluding carboxylic acids is 3. The Bertz CT molecular complexity index is 464. The number of nitrogens with zero attached hydrogens (tertiary/aromatic N) is 2. The zero-order valence-electron chi connectivity index (χ0n) is 17.0. The summed E-state index contributed by atoms with van der Waals surface area (Å²) in [6.07, 6.45) is 5.42. The summed E-state index contributed by atoms with van der Waals surface area (Å²) in [6.45, 7) is 7.39. The molecule has 156 valence electrons. The molecule has 0 aromatic rings. The third-order valence-corrected chi connectivity index (χ3v) is 4.89. The van der Waals surface area contributed by atoms with Crippen molar-refractivity contribution in [3.63, 3.8) is 0 Å². The zero-order chi connectivity index (χ0) is 20.1. The van der Waals surface area contributed by atoms with Crippen molar-refractivity contribution in [2.45, 2.75) is 57.9 Å². The summed E-state index contributed by atoms with van der Waals surface area (Å²) in [6, 6.07) is -0.891. The molecular formula is C19H37N5O3. The Morgan fingerprint density at radius 2 is 1.70 bits per heavy atom. The van der Waals surface area contributed by atoms with E-state index in [1.165, 1.54) is 6.42 Å². The highest BCUT2D eigenvalue weighted by molar-refractivity contribution is 5.91. The van der Waals surface area contributed by atoms with Gasteiger partial charge in [0.15, 0.2) is 0 Å². The van der Waals surface area contributed by atoms with E-state index in [4.69, 9.17) is 5.73 Å². The van der Waals surface area contributed by atoms with Crippen molar-refractivity contribution >= 4 is 17.7 Å². The molecule has 0 bridgehead atoms. The van der Waals surface area contributed by atoms with Crippen LogP contribution in [0.5, 0.6) is 0 Å². The first kappa shape index (κ1) is 23.4. The molecule has 1 aliphatic rings. The molecule has 1 atom stereocenters. The second kappa shape index (κ2) is 13.5. The summed E-state index contributed by atoms with van der Waals surface area (Å²) < 4.78 is 0. The van der Waals surface area contributed by atoms with Crippen molar-refractivity contribution in [3.05, 3.63) is 0 Å². The topological polar surface area (TPSA) is 108 Å². The van der Waals surface area contributed by atoms with Crippen LogP contribution in [0.25, 0.3) is 0 Å². The lowest BCUT2D eigenvalue weighted by Crippen LogP contribution is -2.51. The third kappa shape index (κ3) is 10.9. The van der Waals surface area contributed by atoms with Crippen LogP contribution in [0.4, 0.5) is 0 Å². The molecule has 0 spiro atoms. The number of piperazine rings is 1. The van der Waals surface area contributed by atoms with E-state index in [1.807, 2.05) is 0 Å². The van der Waals surface area contributed by atoms with E-state index in [2.05, 4.69) is 34.4 Å². The monoisotopic (exact) mass is 383 g/mol. The average molecular weight is 384 g/mol. The van der Waals surface area contributed by atoms with E-state index < -0.39 is 11.9 Å². The number of unbranched alkanes of at least 4 members (excludes halogenated alkanes) is 4. The van der Waals surface area contributed by atoms with Crippen LogP contribution in [0.15, 0.2) is 0 Å². The van der Waals surface area contributed by atoms with Gasteiger partial charge in [0.2, 0.25) is 17.7 Å². The van der Waals surface area contributed by atoms with Gasteiger partial charge in [0, 0.05) is 45.7 Å². The molecule has 1 fully saturated rings. The minimum atomic E-state index is -0.891. The highest BCUT2D eigenvalue weighted by Gasteiger charge is 2.23. The Morgan fingerprint density at radius 1 is 1.04 bits per heavy atom. The number of hydrogen-bond donors (Lipinski definition) is 3. The largest absolute Gasteiger partial charge is 0.370 e. The molecule has 1 rings (SSSR count). The van der Waals surface area contributed by atoms with E-state index in [9.17, 15) is 14.4 Å². The van der Waals surface area contributed by atoms with Gasteiger partial charge in [0.05, 0.1) is 6.42 Å². The average Bonchev–Trinajstić information content (AvgIpc) is 2.62. The van der Waals surface area contributed by atoms with Crippen LogP contribution in [0, 0.1) is 0 Å². The maximum Gasteiger partial charge on any atom is 0.243 e.